The molecule has 0 aliphatic heterocycles. The van der Waals surface area contributed by atoms with E-state index in [9.17, 15) is 8.42 Å². The van der Waals surface area contributed by atoms with E-state index in [2.05, 4.69) is 10.2 Å². The molecule has 1 aliphatic rings. The van der Waals surface area contributed by atoms with E-state index in [1.807, 2.05) is 0 Å². The minimum atomic E-state index is -3.05. The number of rotatable bonds is 4. The highest BCUT2D eigenvalue weighted by molar-refractivity contribution is 7.90. The van der Waals surface area contributed by atoms with Crippen LogP contribution in [0.15, 0.2) is 12.4 Å². The number of aromatic nitrogens is 2. The molecule has 1 aromatic rings. The van der Waals surface area contributed by atoms with E-state index in [4.69, 9.17) is 0 Å². The Kier molecular flexibility index (Phi) is 2.32. The van der Waals surface area contributed by atoms with Gasteiger partial charge in [-0.2, -0.15) is 5.10 Å². The van der Waals surface area contributed by atoms with E-state index in [1.54, 1.807) is 19.4 Å². The molecule has 5 nitrogen and oxygen atoms in total. The summed E-state index contributed by atoms with van der Waals surface area (Å²) in [5.41, 5.74) is 0.886. The van der Waals surface area contributed by atoms with Gasteiger partial charge in [0.15, 0.2) is 0 Å². The van der Waals surface area contributed by atoms with Crippen molar-refractivity contribution < 1.29 is 8.42 Å². The van der Waals surface area contributed by atoms with E-state index in [0.29, 0.717) is 6.54 Å². The van der Waals surface area contributed by atoms with Gasteiger partial charge in [0.05, 0.1) is 11.4 Å². The van der Waals surface area contributed by atoms with Crippen LogP contribution in [0.5, 0.6) is 0 Å². The summed E-state index contributed by atoms with van der Waals surface area (Å²) in [6, 6.07) is 0. The standard InChI is InChI=1S/C8H13N3O2S/c1-11(6-7-4-9-10-5-7)14(12,13)8-2-3-8/h4-5,8H,2-3,6H2,1H3,(H,9,10). The second-order valence-corrected chi connectivity index (χ2v) is 5.93. The fourth-order valence-corrected chi connectivity index (χ4v) is 2.90. The van der Waals surface area contributed by atoms with Gasteiger partial charge in [0.25, 0.3) is 0 Å². The Morgan fingerprint density at radius 2 is 2.36 bits per heavy atom. The van der Waals surface area contributed by atoms with Crippen molar-refractivity contribution in [2.45, 2.75) is 24.6 Å². The summed E-state index contributed by atoms with van der Waals surface area (Å²) >= 11 is 0. The van der Waals surface area contributed by atoms with Gasteiger partial charge in [-0.15, -0.1) is 0 Å². The quantitative estimate of drug-likeness (QED) is 0.787. The van der Waals surface area contributed by atoms with Crippen molar-refractivity contribution in [1.29, 1.82) is 0 Å². The van der Waals surface area contributed by atoms with Crippen LogP contribution in [0.1, 0.15) is 18.4 Å². The first-order valence-corrected chi connectivity index (χ1v) is 6.04. The molecule has 0 unspecified atom stereocenters. The lowest BCUT2D eigenvalue weighted by Gasteiger charge is -2.15. The summed E-state index contributed by atoms with van der Waals surface area (Å²) in [4.78, 5) is 0. The summed E-state index contributed by atoms with van der Waals surface area (Å²) in [5, 5.41) is 6.29. The third kappa shape index (κ3) is 1.80. The molecular weight excluding hydrogens is 202 g/mol. The molecule has 1 aliphatic carbocycles. The van der Waals surface area contributed by atoms with Crippen LogP contribution in [0.4, 0.5) is 0 Å². The van der Waals surface area contributed by atoms with Crippen molar-refractivity contribution in [2.24, 2.45) is 0 Å². The zero-order valence-electron chi connectivity index (χ0n) is 7.97. The molecule has 1 N–H and O–H groups in total. The third-order valence-corrected chi connectivity index (χ3v) is 4.65. The largest absolute Gasteiger partial charge is 0.285 e. The maximum absolute atomic E-state index is 11.7. The zero-order valence-corrected chi connectivity index (χ0v) is 8.79. The highest BCUT2D eigenvalue weighted by atomic mass is 32.2. The van der Waals surface area contributed by atoms with E-state index in [0.717, 1.165) is 18.4 Å². The van der Waals surface area contributed by atoms with E-state index >= 15 is 0 Å². The Hall–Kier alpha value is -0.880. The number of hydrogen-bond donors (Lipinski definition) is 1. The molecule has 0 aromatic carbocycles. The molecule has 78 valence electrons. The van der Waals surface area contributed by atoms with Gasteiger partial charge in [-0.25, -0.2) is 12.7 Å². The van der Waals surface area contributed by atoms with Crippen LogP contribution < -0.4 is 0 Å². The highest BCUT2D eigenvalue weighted by Gasteiger charge is 2.38. The van der Waals surface area contributed by atoms with Gasteiger partial charge in [-0.3, -0.25) is 5.10 Å². The summed E-state index contributed by atoms with van der Waals surface area (Å²) < 4.78 is 24.8. The average molecular weight is 215 g/mol. The lowest BCUT2D eigenvalue weighted by Crippen LogP contribution is -2.29. The zero-order chi connectivity index (χ0) is 10.2. The number of hydrogen-bond acceptors (Lipinski definition) is 3. The van der Waals surface area contributed by atoms with Crippen LogP contribution in [0.3, 0.4) is 0 Å². The molecule has 0 atom stereocenters. The number of nitrogens with zero attached hydrogens (tertiary/aromatic N) is 2. The van der Waals surface area contributed by atoms with Crippen LogP contribution in [0.2, 0.25) is 0 Å². The van der Waals surface area contributed by atoms with Crippen molar-refractivity contribution in [2.75, 3.05) is 7.05 Å². The van der Waals surface area contributed by atoms with E-state index < -0.39 is 10.0 Å². The second kappa shape index (κ2) is 3.36. The summed E-state index contributed by atoms with van der Waals surface area (Å²) in [7, 11) is -1.44. The van der Waals surface area contributed by atoms with Gasteiger partial charge < -0.3 is 0 Å². The Balaban J connectivity index is 2.05. The molecule has 2 rings (SSSR count). The molecule has 14 heavy (non-hydrogen) atoms. The summed E-state index contributed by atoms with van der Waals surface area (Å²) in [5.74, 6) is 0. The Labute approximate surface area is 83.2 Å². The van der Waals surface area contributed by atoms with E-state index in [1.165, 1.54) is 4.31 Å². The first kappa shape index (κ1) is 9.67. The van der Waals surface area contributed by atoms with Gasteiger partial charge in [0.1, 0.15) is 0 Å². The predicted octanol–water partition coefficient (Wildman–Crippen LogP) is 0.334. The Morgan fingerprint density at radius 3 is 2.86 bits per heavy atom. The molecule has 0 amide bonds. The van der Waals surface area contributed by atoms with Crippen LogP contribution >= 0.6 is 0 Å². The van der Waals surface area contributed by atoms with Gasteiger partial charge in [-0.05, 0) is 12.8 Å². The minimum absolute atomic E-state index is 0.139. The molecule has 0 radical (unpaired) electrons. The maximum atomic E-state index is 11.7. The van der Waals surface area contributed by atoms with Gasteiger partial charge in [-0.1, -0.05) is 0 Å². The molecule has 0 saturated heterocycles. The monoisotopic (exact) mass is 215 g/mol. The molecule has 0 bridgehead atoms. The maximum Gasteiger partial charge on any atom is 0.217 e. The highest BCUT2D eigenvalue weighted by Crippen LogP contribution is 2.30. The first-order chi connectivity index (χ1) is 6.60. The molecule has 6 heteroatoms. The van der Waals surface area contributed by atoms with Crippen LogP contribution in [0, 0.1) is 0 Å². The van der Waals surface area contributed by atoms with Gasteiger partial charge in [0.2, 0.25) is 10.0 Å². The van der Waals surface area contributed by atoms with Gasteiger partial charge in [0, 0.05) is 25.4 Å². The van der Waals surface area contributed by atoms with Crippen LogP contribution in [0.25, 0.3) is 0 Å². The van der Waals surface area contributed by atoms with Crippen LogP contribution in [-0.4, -0.2) is 35.2 Å². The molecule has 1 fully saturated rings. The topological polar surface area (TPSA) is 66.1 Å². The van der Waals surface area contributed by atoms with Crippen molar-refractivity contribution in [1.82, 2.24) is 14.5 Å². The smallest absolute Gasteiger partial charge is 0.217 e. The first-order valence-electron chi connectivity index (χ1n) is 4.53. The minimum Gasteiger partial charge on any atom is -0.285 e. The fraction of sp³-hybridized carbons (Fsp3) is 0.625. The molecule has 1 aromatic heterocycles. The summed E-state index contributed by atoms with van der Waals surface area (Å²) in [6.07, 6.45) is 4.95. The number of nitrogens with one attached hydrogen (secondary N) is 1. The molecule has 0 spiro atoms. The van der Waals surface area contributed by atoms with Crippen molar-refractivity contribution in [3.05, 3.63) is 18.0 Å². The molecule has 1 heterocycles. The normalized spacial score (nSPS) is 17.6. The average Bonchev–Trinajstić information content (AvgIpc) is 2.88. The number of sulfonamides is 1. The SMILES string of the molecule is CN(Cc1cn[nH]c1)S(=O)(=O)C1CC1. The number of aromatic amines is 1. The molecule has 1 saturated carbocycles. The van der Waals surface area contributed by atoms with Gasteiger partial charge >= 0.3 is 0 Å². The lowest BCUT2D eigenvalue weighted by atomic mass is 10.4. The lowest BCUT2D eigenvalue weighted by molar-refractivity contribution is 0.465. The Bertz CT molecular complexity index is 394. The van der Waals surface area contributed by atoms with Crippen LogP contribution in [-0.2, 0) is 16.6 Å². The number of H-pyrrole nitrogens is 1. The second-order valence-electron chi connectivity index (χ2n) is 3.61. The molecular formula is C8H13N3O2S. The summed E-state index contributed by atoms with van der Waals surface area (Å²) in [6.45, 7) is 0.398. The van der Waals surface area contributed by atoms with Crippen molar-refractivity contribution >= 4 is 10.0 Å². The Morgan fingerprint density at radius 1 is 1.64 bits per heavy atom. The predicted molar refractivity (Wildman–Crippen MR) is 52.0 cm³/mol. The van der Waals surface area contributed by atoms with E-state index in [-0.39, 0.29) is 5.25 Å². The fourth-order valence-electron chi connectivity index (χ4n) is 1.33. The van der Waals surface area contributed by atoms with Crippen molar-refractivity contribution in [3.8, 4) is 0 Å². The third-order valence-electron chi connectivity index (χ3n) is 2.34. The van der Waals surface area contributed by atoms with Crippen molar-refractivity contribution in [3.63, 3.8) is 0 Å².